The molecular weight excluding hydrogens is 314 g/mol. The monoisotopic (exact) mass is 331 g/mol. The van der Waals surface area contributed by atoms with Crippen molar-refractivity contribution >= 4 is 23.2 Å². The molecule has 2 aromatic carbocycles. The van der Waals surface area contributed by atoms with Crippen LogP contribution in [0.1, 0.15) is 18.4 Å². The Morgan fingerprint density at radius 2 is 1.78 bits per heavy atom. The van der Waals surface area contributed by atoms with Crippen LogP contribution in [0.5, 0.6) is 11.5 Å². The van der Waals surface area contributed by atoms with Gasteiger partial charge in [-0.15, -0.1) is 0 Å². The third-order valence-electron chi connectivity index (χ3n) is 4.24. The van der Waals surface area contributed by atoms with Gasteiger partial charge in [0.15, 0.2) is 0 Å². The summed E-state index contributed by atoms with van der Waals surface area (Å²) >= 11 is 6.02. The molecule has 4 nitrogen and oxygen atoms in total. The second-order valence-electron chi connectivity index (χ2n) is 5.61. The number of methoxy groups -OCH3 is 2. The number of nitrogens with one attached hydrogen (secondary N) is 1. The topological polar surface area (TPSA) is 47.6 Å². The molecule has 0 radical (unpaired) electrons. The fourth-order valence-electron chi connectivity index (χ4n) is 2.70. The maximum Gasteiger partial charge on any atom is 0.235 e. The number of rotatable bonds is 5. The lowest BCUT2D eigenvalue weighted by atomic mass is 9.94. The molecule has 1 amide bonds. The Kier molecular flexibility index (Phi) is 4.18. The summed E-state index contributed by atoms with van der Waals surface area (Å²) < 4.78 is 10.5. The third-order valence-corrected chi connectivity index (χ3v) is 4.47. The standard InChI is InChI=1S/C18H18ClNO3/c1-22-14-6-3-12(4-7-14)18(9-10-18)17(21)20-15-11-13(19)5-8-16(15)23-2/h3-8,11H,9-10H2,1-2H3,(H,20,21). The van der Waals surface area contributed by atoms with Crippen LogP contribution < -0.4 is 14.8 Å². The molecule has 3 rings (SSSR count). The highest BCUT2D eigenvalue weighted by molar-refractivity contribution is 6.31. The zero-order valence-corrected chi connectivity index (χ0v) is 13.8. The number of anilines is 1. The van der Waals surface area contributed by atoms with Gasteiger partial charge < -0.3 is 14.8 Å². The second kappa shape index (κ2) is 6.13. The summed E-state index contributed by atoms with van der Waals surface area (Å²) in [5.74, 6) is 1.33. The van der Waals surface area contributed by atoms with Crippen molar-refractivity contribution in [3.8, 4) is 11.5 Å². The van der Waals surface area contributed by atoms with E-state index in [2.05, 4.69) is 5.32 Å². The Morgan fingerprint density at radius 1 is 1.09 bits per heavy atom. The lowest BCUT2D eigenvalue weighted by Gasteiger charge is -2.17. The number of carbonyl (C=O) groups is 1. The van der Waals surface area contributed by atoms with Gasteiger partial charge in [0.2, 0.25) is 5.91 Å². The molecule has 0 aromatic heterocycles. The van der Waals surface area contributed by atoms with Gasteiger partial charge in [0.25, 0.3) is 0 Å². The predicted octanol–water partition coefficient (Wildman–Crippen LogP) is 4.03. The van der Waals surface area contributed by atoms with Gasteiger partial charge >= 0.3 is 0 Å². The maximum atomic E-state index is 12.8. The van der Waals surface area contributed by atoms with Crippen LogP contribution in [0.25, 0.3) is 0 Å². The largest absolute Gasteiger partial charge is 0.497 e. The first-order valence-corrected chi connectivity index (χ1v) is 7.76. The van der Waals surface area contributed by atoms with Gasteiger partial charge in [0, 0.05) is 5.02 Å². The Bertz CT molecular complexity index is 724. The van der Waals surface area contributed by atoms with E-state index in [1.807, 2.05) is 24.3 Å². The fourth-order valence-corrected chi connectivity index (χ4v) is 2.87. The normalized spacial score (nSPS) is 14.9. The number of carbonyl (C=O) groups excluding carboxylic acids is 1. The van der Waals surface area contributed by atoms with Crippen LogP contribution in [0.3, 0.4) is 0 Å². The molecule has 0 atom stereocenters. The highest BCUT2D eigenvalue weighted by Gasteiger charge is 2.51. The van der Waals surface area contributed by atoms with Crippen molar-refractivity contribution in [2.24, 2.45) is 0 Å². The molecule has 0 saturated heterocycles. The number of ether oxygens (including phenoxy) is 2. The first kappa shape index (κ1) is 15.7. The first-order valence-electron chi connectivity index (χ1n) is 7.38. The summed E-state index contributed by atoms with van der Waals surface area (Å²) in [5.41, 5.74) is 1.11. The number of halogens is 1. The molecule has 0 heterocycles. The van der Waals surface area contributed by atoms with Gasteiger partial charge in [-0.2, -0.15) is 0 Å². The summed E-state index contributed by atoms with van der Waals surface area (Å²) in [6.45, 7) is 0. The summed E-state index contributed by atoms with van der Waals surface area (Å²) in [7, 11) is 3.19. The van der Waals surface area contributed by atoms with Crippen molar-refractivity contribution in [1.82, 2.24) is 0 Å². The fraction of sp³-hybridized carbons (Fsp3) is 0.278. The van der Waals surface area contributed by atoms with E-state index in [4.69, 9.17) is 21.1 Å². The average Bonchev–Trinajstić information content (AvgIpc) is 3.37. The SMILES string of the molecule is COc1ccc(C2(C(=O)Nc3cc(Cl)ccc3OC)CC2)cc1. The molecule has 1 saturated carbocycles. The summed E-state index contributed by atoms with van der Waals surface area (Å²) in [6, 6.07) is 12.8. The van der Waals surface area contributed by atoms with Crippen LogP contribution in [0, 0.1) is 0 Å². The van der Waals surface area contributed by atoms with Crippen molar-refractivity contribution in [3.05, 3.63) is 53.1 Å². The van der Waals surface area contributed by atoms with Crippen LogP contribution in [0.4, 0.5) is 5.69 Å². The second-order valence-corrected chi connectivity index (χ2v) is 6.05. The number of benzene rings is 2. The molecule has 23 heavy (non-hydrogen) atoms. The van der Waals surface area contributed by atoms with Crippen molar-refractivity contribution in [2.45, 2.75) is 18.3 Å². The van der Waals surface area contributed by atoms with Gasteiger partial charge in [-0.05, 0) is 48.7 Å². The number of hydrogen-bond acceptors (Lipinski definition) is 3. The van der Waals surface area contributed by atoms with Crippen LogP contribution in [-0.4, -0.2) is 20.1 Å². The quantitative estimate of drug-likeness (QED) is 0.900. The summed E-state index contributed by atoms with van der Waals surface area (Å²) in [6.07, 6.45) is 1.65. The molecule has 0 bridgehead atoms. The van der Waals surface area contributed by atoms with Gasteiger partial charge in [0.1, 0.15) is 11.5 Å². The van der Waals surface area contributed by atoms with Crippen molar-refractivity contribution in [2.75, 3.05) is 19.5 Å². The van der Waals surface area contributed by atoms with Gasteiger partial charge in [-0.25, -0.2) is 0 Å². The van der Waals surface area contributed by atoms with Crippen molar-refractivity contribution in [3.63, 3.8) is 0 Å². The minimum absolute atomic E-state index is 0.0387. The van der Waals surface area contributed by atoms with E-state index in [-0.39, 0.29) is 5.91 Å². The average molecular weight is 332 g/mol. The predicted molar refractivity (Wildman–Crippen MR) is 90.5 cm³/mol. The molecular formula is C18H18ClNO3. The minimum Gasteiger partial charge on any atom is -0.497 e. The van der Waals surface area contributed by atoms with Crippen LogP contribution >= 0.6 is 11.6 Å². The molecule has 0 aliphatic heterocycles. The first-order chi connectivity index (χ1) is 11.1. The van der Waals surface area contributed by atoms with Crippen LogP contribution in [-0.2, 0) is 10.2 Å². The van der Waals surface area contributed by atoms with E-state index in [0.29, 0.717) is 16.5 Å². The van der Waals surface area contributed by atoms with Gasteiger partial charge in [0.05, 0.1) is 25.3 Å². The Balaban J connectivity index is 1.84. The van der Waals surface area contributed by atoms with E-state index >= 15 is 0 Å². The van der Waals surface area contributed by atoms with Crippen molar-refractivity contribution in [1.29, 1.82) is 0 Å². The van der Waals surface area contributed by atoms with E-state index in [0.717, 1.165) is 24.2 Å². The smallest absolute Gasteiger partial charge is 0.235 e. The maximum absolute atomic E-state index is 12.8. The summed E-state index contributed by atoms with van der Waals surface area (Å²) in [5, 5.41) is 3.50. The van der Waals surface area contributed by atoms with E-state index in [1.54, 1.807) is 32.4 Å². The Morgan fingerprint density at radius 3 is 2.35 bits per heavy atom. The third kappa shape index (κ3) is 2.99. The highest BCUT2D eigenvalue weighted by atomic mass is 35.5. The Hall–Kier alpha value is -2.20. The molecule has 1 fully saturated rings. The molecule has 1 N–H and O–H groups in total. The van der Waals surface area contributed by atoms with Gasteiger partial charge in [-0.1, -0.05) is 23.7 Å². The lowest BCUT2D eigenvalue weighted by molar-refractivity contribution is -0.118. The van der Waals surface area contributed by atoms with Crippen molar-refractivity contribution < 1.29 is 14.3 Å². The zero-order valence-electron chi connectivity index (χ0n) is 13.1. The zero-order chi connectivity index (χ0) is 16.4. The highest BCUT2D eigenvalue weighted by Crippen LogP contribution is 2.49. The number of hydrogen-bond donors (Lipinski definition) is 1. The molecule has 0 spiro atoms. The van der Waals surface area contributed by atoms with E-state index in [1.165, 1.54) is 0 Å². The lowest BCUT2D eigenvalue weighted by Crippen LogP contribution is -2.28. The Labute approximate surface area is 140 Å². The molecule has 1 aliphatic rings. The van der Waals surface area contributed by atoms with Crippen LogP contribution in [0.15, 0.2) is 42.5 Å². The molecule has 2 aromatic rings. The molecule has 5 heteroatoms. The van der Waals surface area contributed by atoms with E-state index in [9.17, 15) is 4.79 Å². The minimum atomic E-state index is -0.473. The molecule has 1 aliphatic carbocycles. The van der Waals surface area contributed by atoms with Gasteiger partial charge in [-0.3, -0.25) is 4.79 Å². The molecule has 0 unspecified atom stereocenters. The van der Waals surface area contributed by atoms with E-state index < -0.39 is 5.41 Å². The molecule has 120 valence electrons. The summed E-state index contributed by atoms with van der Waals surface area (Å²) in [4.78, 5) is 12.8. The van der Waals surface area contributed by atoms with Crippen LogP contribution in [0.2, 0.25) is 5.02 Å². The number of amides is 1.